The Balaban J connectivity index is 2.28. The van der Waals surface area contributed by atoms with Gasteiger partial charge in [-0.15, -0.1) is 0 Å². The molecule has 1 fully saturated rings. The summed E-state index contributed by atoms with van der Waals surface area (Å²) in [6.07, 6.45) is 56.5. The lowest BCUT2D eigenvalue weighted by Crippen LogP contribution is -2.60. The van der Waals surface area contributed by atoms with Gasteiger partial charge in [0, 0.05) is 0 Å². The highest BCUT2D eigenvalue weighted by atomic mass is 16.7. The van der Waals surface area contributed by atoms with Crippen molar-refractivity contribution in [2.45, 2.75) is 358 Å². The van der Waals surface area contributed by atoms with Crippen LogP contribution in [0.15, 0.2) is 36.5 Å². The summed E-state index contributed by atoms with van der Waals surface area (Å²) >= 11 is 0. The number of amides is 1. The number of carbonyl (C=O) groups excluding carboxylic acids is 1. The lowest BCUT2D eigenvalue weighted by atomic mass is 9.98. The molecule has 8 N–H and O–H groups in total. The van der Waals surface area contributed by atoms with Gasteiger partial charge in [-0.25, -0.2) is 0 Å². The monoisotopic (exact) mass is 1080 g/mol. The maximum Gasteiger partial charge on any atom is 0.249 e. The van der Waals surface area contributed by atoms with Crippen LogP contribution in [-0.4, -0.2) is 110 Å². The Hall–Kier alpha value is -1.67. The number of ether oxygens (including phenoxy) is 2. The van der Waals surface area contributed by atoms with Gasteiger partial charge in [0.15, 0.2) is 6.29 Å². The van der Waals surface area contributed by atoms with Gasteiger partial charge in [-0.1, -0.05) is 275 Å². The van der Waals surface area contributed by atoms with E-state index in [2.05, 4.69) is 55.6 Å². The first kappa shape index (κ1) is 72.3. The second kappa shape index (κ2) is 53.9. The van der Waals surface area contributed by atoms with Crippen molar-refractivity contribution in [2.24, 2.45) is 0 Å². The maximum absolute atomic E-state index is 13.2. The Bertz CT molecular complexity index is 1330. The number of carbonyl (C=O) groups is 1. The zero-order valence-electron chi connectivity index (χ0n) is 49.2. The summed E-state index contributed by atoms with van der Waals surface area (Å²) in [4.78, 5) is 13.2. The molecule has 1 heterocycles. The molecule has 0 saturated carbocycles. The molecule has 1 aliphatic heterocycles. The quantitative estimate of drug-likeness (QED) is 0.0215. The van der Waals surface area contributed by atoms with Crippen molar-refractivity contribution in [3.8, 4) is 0 Å². The van der Waals surface area contributed by atoms with Crippen LogP contribution in [0.25, 0.3) is 0 Å². The lowest BCUT2D eigenvalue weighted by molar-refractivity contribution is -0.303. The van der Waals surface area contributed by atoms with E-state index in [0.29, 0.717) is 19.3 Å². The van der Waals surface area contributed by atoms with Crippen molar-refractivity contribution in [3.63, 3.8) is 0 Å². The Morgan fingerprint density at radius 2 is 0.789 bits per heavy atom. The van der Waals surface area contributed by atoms with Gasteiger partial charge >= 0.3 is 0 Å². The molecule has 1 rings (SSSR count). The number of allylic oxidation sites excluding steroid dienone is 6. The van der Waals surface area contributed by atoms with Crippen molar-refractivity contribution < 1.29 is 50.0 Å². The van der Waals surface area contributed by atoms with Crippen LogP contribution < -0.4 is 5.32 Å². The number of unbranched alkanes of at least 4 members (excludes halogenated alkanes) is 38. The maximum atomic E-state index is 13.2. The molecule has 76 heavy (non-hydrogen) atoms. The minimum Gasteiger partial charge on any atom is -0.394 e. The van der Waals surface area contributed by atoms with Gasteiger partial charge in [0.05, 0.1) is 25.4 Å². The normalized spacial score (nSPS) is 19.8. The lowest BCUT2D eigenvalue weighted by Gasteiger charge is -2.40. The summed E-state index contributed by atoms with van der Waals surface area (Å²) in [5.74, 6) is -0.708. The van der Waals surface area contributed by atoms with Gasteiger partial charge in [0.1, 0.15) is 36.6 Å². The zero-order chi connectivity index (χ0) is 55.4. The summed E-state index contributed by atoms with van der Waals surface area (Å²) in [5, 5.41) is 76.3. The van der Waals surface area contributed by atoms with Gasteiger partial charge in [-0.05, 0) is 64.2 Å². The van der Waals surface area contributed by atoms with E-state index in [0.717, 1.165) is 44.9 Å². The molecule has 0 aromatic heterocycles. The molecule has 0 radical (unpaired) electrons. The second-order valence-corrected chi connectivity index (χ2v) is 22.8. The zero-order valence-corrected chi connectivity index (χ0v) is 49.2. The molecule has 1 saturated heterocycles. The molecule has 0 aromatic carbocycles. The van der Waals surface area contributed by atoms with Crippen LogP contribution in [-0.2, 0) is 14.3 Å². The molecular weight excluding hydrogens is 955 g/mol. The number of nitrogens with one attached hydrogen (secondary N) is 1. The van der Waals surface area contributed by atoms with E-state index in [-0.39, 0.29) is 12.8 Å². The van der Waals surface area contributed by atoms with Gasteiger partial charge in [0.25, 0.3) is 0 Å². The molecule has 0 bridgehead atoms. The molecule has 0 aliphatic carbocycles. The fraction of sp³-hybridized carbons (Fsp3) is 0.892. The van der Waals surface area contributed by atoms with Crippen LogP contribution in [0.3, 0.4) is 0 Å². The number of hydrogen-bond acceptors (Lipinski definition) is 10. The van der Waals surface area contributed by atoms with E-state index in [1.807, 2.05) is 0 Å². The highest BCUT2D eigenvalue weighted by molar-refractivity contribution is 5.80. The minimum absolute atomic E-state index is 0.243. The fourth-order valence-electron chi connectivity index (χ4n) is 10.4. The molecule has 11 nitrogen and oxygen atoms in total. The summed E-state index contributed by atoms with van der Waals surface area (Å²) in [5.41, 5.74) is 0. The van der Waals surface area contributed by atoms with Crippen LogP contribution in [0.5, 0.6) is 0 Å². The van der Waals surface area contributed by atoms with Crippen LogP contribution in [0.2, 0.25) is 0 Å². The molecule has 1 amide bonds. The predicted molar refractivity (Wildman–Crippen MR) is 316 cm³/mol. The number of hydrogen-bond donors (Lipinski definition) is 8. The van der Waals surface area contributed by atoms with E-state index in [1.54, 1.807) is 0 Å². The molecular formula is C65H123NO10. The Morgan fingerprint density at radius 3 is 1.17 bits per heavy atom. The summed E-state index contributed by atoms with van der Waals surface area (Å²) < 4.78 is 11.2. The molecule has 0 aromatic rings. The molecule has 11 heteroatoms. The van der Waals surface area contributed by atoms with E-state index in [1.165, 1.54) is 212 Å². The van der Waals surface area contributed by atoms with Crippen molar-refractivity contribution in [3.05, 3.63) is 36.5 Å². The first-order valence-electron chi connectivity index (χ1n) is 32.4. The van der Waals surface area contributed by atoms with Crippen LogP contribution in [0.1, 0.15) is 303 Å². The van der Waals surface area contributed by atoms with E-state index < -0.39 is 74.2 Å². The summed E-state index contributed by atoms with van der Waals surface area (Å²) in [6, 6.07) is -1.19. The fourth-order valence-corrected chi connectivity index (χ4v) is 10.4. The SMILES string of the molecule is CCCCCCCCCCCCCCCCCC/C=C/CC/C=C/CC/C=C/CCCC(O)C(O)C(COC1OC(CO)C(O)C(O)C1O)NC(=O)C(O)CCCCCCCCCCCCCCCCCCCCCC. The van der Waals surface area contributed by atoms with Gasteiger partial charge < -0.3 is 50.5 Å². The second-order valence-electron chi connectivity index (χ2n) is 22.8. The predicted octanol–water partition coefficient (Wildman–Crippen LogP) is 14.6. The largest absolute Gasteiger partial charge is 0.394 e. The van der Waals surface area contributed by atoms with Crippen molar-refractivity contribution >= 4 is 5.91 Å². The molecule has 448 valence electrons. The van der Waals surface area contributed by atoms with Crippen LogP contribution >= 0.6 is 0 Å². The Labute approximate surface area is 467 Å². The third kappa shape index (κ3) is 41.4. The van der Waals surface area contributed by atoms with Crippen molar-refractivity contribution in [1.29, 1.82) is 0 Å². The molecule has 9 atom stereocenters. The molecule has 1 aliphatic rings. The van der Waals surface area contributed by atoms with Crippen LogP contribution in [0, 0.1) is 0 Å². The highest BCUT2D eigenvalue weighted by Crippen LogP contribution is 2.24. The smallest absolute Gasteiger partial charge is 0.249 e. The number of aliphatic hydroxyl groups excluding tert-OH is 7. The van der Waals surface area contributed by atoms with Gasteiger partial charge in [-0.3, -0.25) is 4.79 Å². The number of rotatable bonds is 56. The standard InChI is InChI=1S/C65H123NO10/c1-3-5-7-9-11-13-15-17-19-21-23-25-26-27-28-29-30-31-32-33-35-36-38-40-42-44-46-48-50-52-57(68)60(70)56(55-75-65-63(73)62(72)61(71)59(54-67)76-65)66-64(74)58(69)53-51-49-47-45-43-41-39-37-34-24-22-20-18-16-14-12-10-8-6-4-2/h31-32,36,38,44,46,56-63,65,67-73H,3-30,33-35,37,39-43,45,47-55H2,1-2H3,(H,66,74)/b32-31+,38-36+,46-44+. The Morgan fingerprint density at radius 1 is 0.447 bits per heavy atom. The van der Waals surface area contributed by atoms with Gasteiger partial charge in [-0.2, -0.15) is 0 Å². The third-order valence-electron chi connectivity index (χ3n) is 15.7. The van der Waals surface area contributed by atoms with Crippen molar-refractivity contribution in [2.75, 3.05) is 13.2 Å². The average molecular weight is 1080 g/mol. The Kier molecular flexibility index (Phi) is 51.3. The molecule has 9 unspecified atom stereocenters. The number of aliphatic hydroxyl groups is 7. The third-order valence-corrected chi connectivity index (χ3v) is 15.7. The summed E-state index contributed by atoms with van der Waals surface area (Å²) in [6.45, 7) is 3.48. The minimum atomic E-state index is -1.67. The first-order chi connectivity index (χ1) is 37.2. The van der Waals surface area contributed by atoms with E-state index in [4.69, 9.17) is 9.47 Å². The van der Waals surface area contributed by atoms with Crippen molar-refractivity contribution in [1.82, 2.24) is 5.32 Å². The molecule has 0 spiro atoms. The first-order valence-corrected chi connectivity index (χ1v) is 32.4. The summed E-state index contributed by atoms with van der Waals surface area (Å²) in [7, 11) is 0. The van der Waals surface area contributed by atoms with E-state index in [9.17, 15) is 40.5 Å². The highest BCUT2D eigenvalue weighted by Gasteiger charge is 2.44. The topological polar surface area (TPSA) is 189 Å². The van der Waals surface area contributed by atoms with Gasteiger partial charge in [0.2, 0.25) is 5.91 Å². The van der Waals surface area contributed by atoms with E-state index >= 15 is 0 Å². The van der Waals surface area contributed by atoms with Crippen LogP contribution in [0.4, 0.5) is 0 Å². The average Bonchev–Trinajstić information content (AvgIpc) is 3.42.